The molecule has 0 aliphatic carbocycles. The van der Waals surface area contributed by atoms with E-state index in [9.17, 15) is 4.79 Å². The van der Waals surface area contributed by atoms with Gasteiger partial charge in [-0.1, -0.05) is 23.7 Å². The number of halogens is 1. The van der Waals surface area contributed by atoms with Crippen molar-refractivity contribution in [3.63, 3.8) is 0 Å². The molecule has 0 aliphatic rings. The summed E-state index contributed by atoms with van der Waals surface area (Å²) in [6.07, 6.45) is 4.67. The number of aromatic nitrogens is 3. The van der Waals surface area contributed by atoms with E-state index in [4.69, 9.17) is 16.1 Å². The topological polar surface area (TPSA) is 72.1 Å². The van der Waals surface area contributed by atoms with Gasteiger partial charge in [-0.25, -0.2) is 0 Å². The second-order valence-electron chi connectivity index (χ2n) is 4.53. The molecule has 0 aliphatic heterocycles. The van der Waals surface area contributed by atoms with E-state index in [1.807, 2.05) is 13.8 Å². The predicted octanol–water partition coefficient (Wildman–Crippen LogP) is 2.73. The molecule has 0 bridgehead atoms. The van der Waals surface area contributed by atoms with Crippen LogP contribution >= 0.6 is 11.6 Å². The van der Waals surface area contributed by atoms with Gasteiger partial charge in [-0.2, -0.15) is 4.98 Å². The van der Waals surface area contributed by atoms with Crippen molar-refractivity contribution in [2.75, 3.05) is 6.54 Å². The first kappa shape index (κ1) is 15.4. The number of carbonyl (C=O) groups excluding carboxylic acids is 1. The van der Waals surface area contributed by atoms with Crippen LogP contribution in [0.5, 0.6) is 0 Å². The number of amides is 1. The summed E-state index contributed by atoms with van der Waals surface area (Å²) in [7, 11) is 0. The van der Waals surface area contributed by atoms with Gasteiger partial charge >= 0.3 is 0 Å². The summed E-state index contributed by atoms with van der Waals surface area (Å²) in [5.41, 5.74) is 0.422. The Labute approximate surface area is 128 Å². The van der Waals surface area contributed by atoms with E-state index >= 15 is 0 Å². The minimum atomic E-state index is -0.174. The molecule has 2 rings (SSSR count). The third kappa shape index (κ3) is 3.78. The highest BCUT2D eigenvalue weighted by Crippen LogP contribution is 2.17. The van der Waals surface area contributed by atoms with E-state index in [-0.39, 0.29) is 5.91 Å². The van der Waals surface area contributed by atoms with Gasteiger partial charge < -0.3 is 9.42 Å². The normalized spacial score (nSPS) is 10.6. The number of aryl methyl sites for hydroxylation is 1. The summed E-state index contributed by atoms with van der Waals surface area (Å²) >= 11 is 6.01. The van der Waals surface area contributed by atoms with Crippen LogP contribution in [0, 0.1) is 0 Å². The van der Waals surface area contributed by atoms with E-state index in [1.54, 1.807) is 17.2 Å². The van der Waals surface area contributed by atoms with Crippen molar-refractivity contribution in [2.45, 2.75) is 33.2 Å². The SMILES string of the molecule is CCCc1nc(CN(CC)C(=O)c2ccncc2Cl)no1. The zero-order valence-electron chi connectivity index (χ0n) is 12.0. The Morgan fingerprint density at radius 1 is 1.43 bits per heavy atom. The maximum Gasteiger partial charge on any atom is 0.255 e. The zero-order chi connectivity index (χ0) is 15.2. The van der Waals surface area contributed by atoms with Gasteiger partial charge in [0.25, 0.3) is 5.91 Å². The van der Waals surface area contributed by atoms with Crippen molar-refractivity contribution in [1.82, 2.24) is 20.0 Å². The lowest BCUT2D eigenvalue weighted by Crippen LogP contribution is -2.31. The molecular formula is C14H17ClN4O2. The third-order valence-corrected chi connectivity index (χ3v) is 3.28. The molecule has 0 saturated carbocycles. The van der Waals surface area contributed by atoms with Crippen LogP contribution in [-0.4, -0.2) is 32.5 Å². The first-order valence-corrected chi connectivity index (χ1v) is 7.23. The lowest BCUT2D eigenvalue weighted by atomic mass is 10.2. The second-order valence-corrected chi connectivity index (χ2v) is 4.94. The van der Waals surface area contributed by atoms with Gasteiger partial charge in [-0.05, 0) is 19.4 Å². The number of pyridine rings is 1. The van der Waals surface area contributed by atoms with Gasteiger partial charge in [-0.3, -0.25) is 9.78 Å². The Kier molecular flexibility index (Phi) is 5.27. The molecule has 2 aromatic rings. The molecule has 0 spiro atoms. The standard InChI is InChI=1S/C14H17ClN4O2/c1-3-5-13-17-12(18-21-13)9-19(4-2)14(20)10-6-7-16-8-11(10)15/h6-8H,3-5,9H2,1-2H3. The van der Waals surface area contributed by atoms with Crippen LogP contribution < -0.4 is 0 Å². The Morgan fingerprint density at radius 3 is 2.90 bits per heavy atom. The molecule has 1 amide bonds. The van der Waals surface area contributed by atoms with E-state index in [0.717, 1.165) is 12.8 Å². The van der Waals surface area contributed by atoms with Crippen LogP contribution in [0.1, 0.15) is 42.3 Å². The molecule has 7 heteroatoms. The summed E-state index contributed by atoms with van der Waals surface area (Å²) < 4.78 is 5.12. The molecule has 0 radical (unpaired) electrons. The maximum absolute atomic E-state index is 12.5. The fraction of sp³-hybridized carbons (Fsp3) is 0.429. The van der Waals surface area contributed by atoms with Gasteiger partial charge in [0.1, 0.15) is 0 Å². The molecule has 2 aromatic heterocycles. The Balaban J connectivity index is 2.12. The number of hydrogen-bond acceptors (Lipinski definition) is 5. The molecule has 0 saturated heterocycles. The molecule has 0 fully saturated rings. The van der Waals surface area contributed by atoms with Crippen LogP contribution in [0.15, 0.2) is 23.0 Å². The Bertz CT molecular complexity index is 615. The van der Waals surface area contributed by atoms with Gasteiger partial charge in [0.05, 0.1) is 17.1 Å². The van der Waals surface area contributed by atoms with E-state index < -0.39 is 0 Å². The highest BCUT2D eigenvalue weighted by molar-refractivity contribution is 6.33. The Hall–Kier alpha value is -1.95. The fourth-order valence-corrected chi connectivity index (χ4v) is 2.09. The Morgan fingerprint density at radius 2 is 2.24 bits per heavy atom. The average molecular weight is 309 g/mol. The van der Waals surface area contributed by atoms with Crippen molar-refractivity contribution in [2.24, 2.45) is 0 Å². The summed E-state index contributed by atoms with van der Waals surface area (Å²) in [4.78, 5) is 22.2. The molecule has 0 atom stereocenters. The van der Waals surface area contributed by atoms with Gasteiger partial charge in [-0.15, -0.1) is 0 Å². The summed E-state index contributed by atoms with van der Waals surface area (Å²) in [6.45, 7) is 4.74. The van der Waals surface area contributed by atoms with Gasteiger partial charge in [0, 0.05) is 25.4 Å². The van der Waals surface area contributed by atoms with Crippen molar-refractivity contribution in [1.29, 1.82) is 0 Å². The minimum absolute atomic E-state index is 0.174. The summed E-state index contributed by atoms with van der Waals surface area (Å²) in [6, 6.07) is 1.60. The van der Waals surface area contributed by atoms with Crippen molar-refractivity contribution in [3.05, 3.63) is 40.8 Å². The van der Waals surface area contributed by atoms with Crippen LogP contribution in [0.25, 0.3) is 0 Å². The molecule has 6 nitrogen and oxygen atoms in total. The van der Waals surface area contributed by atoms with Crippen LogP contribution in [0.2, 0.25) is 5.02 Å². The van der Waals surface area contributed by atoms with Gasteiger partial charge in [0.2, 0.25) is 5.89 Å². The highest BCUT2D eigenvalue weighted by Gasteiger charge is 2.19. The van der Waals surface area contributed by atoms with Gasteiger partial charge in [0.15, 0.2) is 5.82 Å². The van der Waals surface area contributed by atoms with E-state index in [1.165, 1.54) is 6.20 Å². The zero-order valence-corrected chi connectivity index (χ0v) is 12.8. The minimum Gasteiger partial charge on any atom is -0.339 e. The average Bonchev–Trinajstić information content (AvgIpc) is 2.92. The van der Waals surface area contributed by atoms with Crippen molar-refractivity contribution < 1.29 is 9.32 Å². The predicted molar refractivity (Wildman–Crippen MR) is 78.0 cm³/mol. The molecule has 0 N–H and O–H groups in total. The smallest absolute Gasteiger partial charge is 0.255 e. The number of rotatable bonds is 6. The number of hydrogen-bond donors (Lipinski definition) is 0. The summed E-state index contributed by atoms with van der Waals surface area (Å²) in [5.74, 6) is 0.920. The third-order valence-electron chi connectivity index (χ3n) is 2.98. The monoisotopic (exact) mass is 308 g/mol. The van der Waals surface area contributed by atoms with Crippen LogP contribution in [-0.2, 0) is 13.0 Å². The largest absolute Gasteiger partial charge is 0.339 e. The van der Waals surface area contributed by atoms with Crippen LogP contribution in [0.4, 0.5) is 0 Å². The first-order chi connectivity index (χ1) is 10.2. The van der Waals surface area contributed by atoms with Crippen molar-refractivity contribution >= 4 is 17.5 Å². The number of nitrogens with zero attached hydrogens (tertiary/aromatic N) is 4. The molecule has 21 heavy (non-hydrogen) atoms. The summed E-state index contributed by atoms with van der Waals surface area (Å²) in [5, 5.41) is 4.23. The molecule has 0 unspecified atom stereocenters. The van der Waals surface area contributed by atoms with E-state index in [2.05, 4.69) is 15.1 Å². The lowest BCUT2D eigenvalue weighted by Gasteiger charge is -2.19. The lowest BCUT2D eigenvalue weighted by molar-refractivity contribution is 0.0747. The van der Waals surface area contributed by atoms with Crippen LogP contribution in [0.3, 0.4) is 0 Å². The molecule has 2 heterocycles. The quantitative estimate of drug-likeness (QED) is 0.820. The van der Waals surface area contributed by atoms with Crippen molar-refractivity contribution in [3.8, 4) is 0 Å². The maximum atomic E-state index is 12.5. The second kappa shape index (κ2) is 7.17. The molecular weight excluding hydrogens is 292 g/mol. The first-order valence-electron chi connectivity index (χ1n) is 6.86. The molecule has 0 aromatic carbocycles. The fourth-order valence-electron chi connectivity index (χ4n) is 1.89. The highest BCUT2D eigenvalue weighted by atomic mass is 35.5. The van der Waals surface area contributed by atoms with E-state index in [0.29, 0.717) is 35.4 Å². The number of carbonyl (C=O) groups is 1. The molecule has 112 valence electrons.